The van der Waals surface area contributed by atoms with Crippen molar-refractivity contribution < 1.29 is 0 Å². The van der Waals surface area contributed by atoms with Gasteiger partial charge in [0.1, 0.15) is 5.01 Å². The van der Waals surface area contributed by atoms with Crippen molar-refractivity contribution in [3.63, 3.8) is 0 Å². The van der Waals surface area contributed by atoms with Gasteiger partial charge in [-0.2, -0.15) is 5.26 Å². The van der Waals surface area contributed by atoms with Gasteiger partial charge in [0.05, 0.1) is 23.1 Å². The van der Waals surface area contributed by atoms with Crippen LogP contribution in [-0.4, -0.2) is 19.1 Å². The highest BCUT2D eigenvalue weighted by Crippen LogP contribution is 2.31. The molecule has 0 fully saturated rings. The minimum absolute atomic E-state index is 0.390. The molecule has 0 saturated carbocycles. The van der Waals surface area contributed by atoms with E-state index in [-0.39, 0.29) is 0 Å². The van der Waals surface area contributed by atoms with Crippen LogP contribution in [0.2, 0.25) is 0 Å². The zero-order valence-corrected chi connectivity index (χ0v) is 11.6. The van der Waals surface area contributed by atoms with Gasteiger partial charge in [0, 0.05) is 19.8 Å². The molecule has 0 amide bonds. The molecule has 0 N–H and O–H groups in total. The van der Waals surface area contributed by atoms with Crippen LogP contribution < -0.4 is 4.90 Å². The summed E-state index contributed by atoms with van der Waals surface area (Å²) >= 11 is 1.60. The van der Waals surface area contributed by atoms with E-state index in [0.29, 0.717) is 6.42 Å². The molecule has 2 aromatic rings. The summed E-state index contributed by atoms with van der Waals surface area (Å²) in [5, 5.41) is 9.59. The zero-order chi connectivity index (χ0) is 13.1. The second-order valence-electron chi connectivity index (χ2n) is 4.30. The lowest BCUT2D eigenvalue weighted by Crippen LogP contribution is -2.07. The third kappa shape index (κ3) is 2.52. The highest BCUT2D eigenvalue weighted by Gasteiger charge is 2.09. The smallest absolute Gasteiger partial charge is 0.108 e. The molecule has 0 spiro atoms. The first kappa shape index (κ1) is 12.6. The summed E-state index contributed by atoms with van der Waals surface area (Å²) < 4.78 is 0. The first-order valence-corrected chi connectivity index (χ1v) is 6.54. The molecule has 0 atom stereocenters. The summed E-state index contributed by atoms with van der Waals surface area (Å²) in [6, 6.07) is 10.5. The van der Waals surface area contributed by atoms with Gasteiger partial charge >= 0.3 is 0 Å². The second kappa shape index (κ2) is 5.19. The Morgan fingerprint density at radius 3 is 2.50 bits per heavy atom. The van der Waals surface area contributed by atoms with Gasteiger partial charge in [0.15, 0.2) is 0 Å². The lowest BCUT2D eigenvalue weighted by Gasteiger charge is -2.12. The second-order valence-corrected chi connectivity index (χ2v) is 5.38. The summed E-state index contributed by atoms with van der Waals surface area (Å²) in [6.07, 6.45) is 0.390. The molecule has 0 radical (unpaired) electrons. The largest absolute Gasteiger partial charge is 0.378 e. The van der Waals surface area contributed by atoms with Crippen LogP contribution in [0.3, 0.4) is 0 Å². The van der Waals surface area contributed by atoms with E-state index in [4.69, 9.17) is 5.26 Å². The van der Waals surface area contributed by atoms with E-state index in [1.54, 1.807) is 11.3 Å². The molecule has 0 bridgehead atoms. The van der Waals surface area contributed by atoms with Gasteiger partial charge < -0.3 is 4.90 Å². The molecule has 0 aliphatic heterocycles. The number of aryl methyl sites for hydroxylation is 1. The van der Waals surface area contributed by atoms with Crippen molar-refractivity contribution in [3.8, 4) is 16.5 Å². The summed E-state index contributed by atoms with van der Waals surface area (Å²) in [7, 11) is 4.05. The quantitative estimate of drug-likeness (QED) is 0.847. The van der Waals surface area contributed by atoms with Crippen LogP contribution in [0.1, 0.15) is 10.7 Å². The maximum Gasteiger partial charge on any atom is 0.108 e. The number of rotatable bonds is 3. The maximum absolute atomic E-state index is 8.70. The molecule has 0 aliphatic rings. The first-order chi connectivity index (χ1) is 8.61. The van der Waals surface area contributed by atoms with Crippen molar-refractivity contribution in [1.82, 2.24) is 4.98 Å². The summed E-state index contributed by atoms with van der Waals surface area (Å²) in [5.41, 5.74) is 3.35. The van der Waals surface area contributed by atoms with Crippen LogP contribution >= 0.6 is 11.3 Å². The molecule has 2 rings (SSSR count). The van der Waals surface area contributed by atoms with Crippen molar-refractivity contribution in [2.45, 2.75) is 13.3 Å². The van der Waals surface area contributed by atoms with Crippen molar-refractivity contribution >= 4 is 17.0 Å². The minimum Gasteiger partial charge on any atom is -0.378 e. The number of benzene rings is 1. The number of nitrogens with zero attached hydrogens (tertiary/aromatic N) is 3. The molecular formula is C14H15N3S. The fraction of sp³-hybridized carbons (Fsp3) is 0.286. The van der Waals surface area contributed by atoms with E-state index in [1.807, 2.05) is 21.0 Å². The van der Waals surface area contributed by atoms with Crippen LogP contribution in [0, 0.1) is 18.3 Å². The standard InChI is InChI=1S/C14H15N3S/c1-10-14(18-13(16-10)8-9-15)11-4-6-12(7-5-11)17(2)3/h4-7H,8H2,1-3H3. The Morgan fingerprint density at radius 2 is 1.94 bits per heavy atom. The number of thiazole rings is 1. The van der Waals surface area contributed by atoms with E-state index < -0.39 is 0 Å². The minimum atomic E-state index is 0.390. The topological polar surface area (TPSA) is 39.9 Å². The van der Waals surface area contributed by atoms with Crippen LogP contribution in [0.25, 0.3) is 10.4 Å². The van der Waals surface area contributed by atoms with E-state index in [2.05, 4.69) is 40.2 Å². The number of nitriles is 1. The molecule has 0 aliphatic carbocycles. The van der Waals surface area contributed by atoms with Crippen LogP contribution in [0.4, 0.5) is 5.69 Å². The Labute approximate surface area is 111 Å². The molecule has 1 aromatic carbocycles. The molecule has 0 saturated heterocycles. The highest BCUT2D eigenvalue weighted by molar-refractivity contribution is 7.15. The molecule has 1 heterocycles. The SMILES string of the molecule is Cc1nc(CC#N)sc1-c1ccc(N(C)C)cc1. The van der Waals surface area contributed by atoms with E-state index >= 15 is 0 Å². The van der Waals surface area contributed by atoms with Crippen LogP contribution in [0.5, 0.6) is 0 Å². The number of anilines is 1. The molecule has 1 aromatic heterocycles. The third-order valence-electron chi connectivity index (χ3n) is 2.72. The van der Waals surface area contributed by atoms with Crippen molar-refractivity contribution in [3.05, 3.63) is 35.0 Å². The van der Waals surface area contributed by atoms with Gasteiger partial charge in [-0.1, -0.05) is 12.1 Å². The van der Waals surface area contributed by atoms with Gasteiger partial charge in [0.25, 0.3) is 0 Å². The van der Waals surface area contributed by atoms with Crippen LogP contribution in [0.15, 0.2) is 24.3 Å². The predicted molar refractivity (Wildman–Crippen MR) is 75.9 cm³/mol. The monoisotopic (exact) mass is 257 g/mol. The molecular weight excluding hydrogens is 242 g/mol. The molecule has 4 heteroatoms. The Hall–Kier alpha value is -1.86. The van der Waals surface area contributed by atoms with Gasteiger partial charge in [-0.05, 0) is 24.6 Å². The lowest BCUT2D eigenvalue weighted by molar-refractivity contribution is 1.13. The van der Waals surface area contributed by atoms with E-state index in [9.17, 15) is 0 Å². The Bertz CT molecular complexity index is 576. The Kier molecular flexibility index (Phi) is 3.63. The number of hydrogen-bond donors (Lipinski definition) is 0. The predicted octanol–water partition coefficient (Wildman–Crippen LogP) is 3.25. The van der Waals surface area contributed by atoms with E-state index in [0.717, 1.165) is 15.6 Å². The van der Waals surface area contributed by atoms with Gasteiger partial charge in [0.2, 0.25) is 0 Å². The highest BCUT2D eigenvalue weighted by atomic mass is 32.1. The summed E-state index contributed by atoms with van der Waals surface area (Å²) in [4.78, 5) is 7.65. The lowest BCUT2D eigenvalue weighted by atomic mass is 10.1. The first-order valence-electron chi connectivity index (χ1n) is 5.73. The molecule has 0 unspecified atom stereocenters. The van der Waals surface area contributed by atoms with Crippen molar-refractivity contribution in [1.29, 1.82) is 5.26 Å². The Balaban J connectivity index is 2.34. The fourth-order valence-corrected chi connectivity index (χ4v) is 2.78. The van der Waals surface area contributed by atoms with Gasteiger partial charge in [-0.25, -0.2) is 4.98 Å². The number of aromatic nitrogens is 1. The van der Waals surface area contributed by atoms with Crippen LogP contribution in [-0.2, 0) is 6.42 Å². The van der Waals surface area contributed by atoms with Crippen molar-refractivity contribution in [2.24, 2.45) is 0 Å². The summed E-state index contributed by atoms with van der Waals surface area (Å²) in [5.74, 6) is 0. The summed E-state index contributed by atoms with van der Waals surface area (Å²) in [6.45, 7) is 1.99. The van der Waals surface area contributed by atoms with Crippen molar-refractivity contribution in [2.75, 3.05) is 19.0 Å². The van der Waals surface area contributed by atoms with Gasteiger partial charge in [-0.3, -0.25) is 0 Å². The molecule has 18 heavy (non-hydrogen) atoms. The van der Waals surface area contributed by atoms with E-state index in [1.165, 1.54) is 11.3 Å². The number of hydrogen-bond acceptors (Lipinski definition) is 4. The third-order valence-corrected chi connectivity index (χ3v) is 3.92. The molecule has 3 nitrogen and oxygen atoms in total. The average Bonchev–Trinajstić information content (AvgIpc) is 2.71. The van der Waals surface area contributed by atoms with Gasteiger partial charge in [-0.15, -0.1) is 11.3 Å². The Morgan fingerprint density at radius 1 is 1.28 bits per heavy atom. The normalized spacial score (nSPS) is 10.1. The molecule has 92 valence electrons. The average molecular weight is 257 g/mol. The zero-order valence-electron chi connectivity index (χ0n) is 10.8. The maximum atomic E-state index is 8.70. The fourth-order valence-electron chi connectivity index (χ4n) is 1.77.